The topological polar surface area (TPSA) is 67.2 Å². The fourth-order valence-electron chi connectivity index (χ4n) is 2.65. The lowest BCUT2D eigenvalue weighted by atomic mass is 10.1. The van der Waals surface area contributed by atoms with Crippen molar-refractivity contribution in [3.05, 3.63) is 47.3 Å². The lowest BCUT2D eigenvalue weighted by molar-refractivity contribution is -0.144. The Hall–Kier alpha value is -2.63. The number of anilines is 1. The van der Waals surface area contributed by atoms with E-state index in [0.717, 1.165) is 18.4 Å². The maximum Gasteiger partial charge on any atom is 0.314 e. The standard InChI is InChI=1S/C18H22N4O2/c1-12-4-5-14(8-13(12)2)10-22(16-6-7-16)18(24)17(23)20-15-9-19-21(3)11-15/h4-5,8-9,11,16H,6-7,10H2,1-3H3,(H,20,23). The highest BCUT2D eigenvalue weighted by atomic mass is 16.2. The summed E-state index contributed by atoms with van der Waals surface area (Å²) >= 11 is 0. The molecule has 1 aromatic carbocycles. The highest BCUT2D eigenvalue weighted by Gasteiger charge is 2.35. The minimum absolute atomic E-state index is 0.166. The van der Waals surface area contributed by atoms with Crippen molar-refractivity contribution in [3.63, 3.8) is 0 Å². The summed E-state index contributed by atoms with van der Waals surface area (Å²) in [5.74, 6) is -1.10. The molecule has 0 radical (unpaired) electrons. The summed E-state index contributed by atoms with van der Waals surface area (Å²) in [6.45, 7) is 4.58. The lowest BCUT2D eigenvalue weighted by Gasteiger charge is -2.22. The molecule has 0 saturated heterocycles. The number of rotatable bonds is 4. The molecule has 126 valence electrons. The van der Waals surface area contributed by atoms with Crippen LogP contribution in [0.15, 0.2) is 30.6 Å². The van der Waals surface area contributed by atoms with E-state index in [1.54, 1.807) is 22.8 Å². The molecular weight excluding hydrogens is 304 g/mol. The second kappa shape index (κ2) is 6.47. The first-order valence-electron chi connectivity index (χ1n) is 8.11. The minimum Gasteiger partial charge on any atom is -0.327 e. The Morgan fingerprint density at radius 2 is 2.04 bits per heavy atom. The zero-order valence-electron chi connectivity index (χ0n) is 14.2. The van der Waals surface area contributed by atoms with Crippen molar-refractivity contribution in [2.75, 3.05) is 5.32 Å². The number of amides is 2. The third-order valence-electron chi connectivity index (χ3n) is 4.33. The van der Waals surface area contributed by atoms with Crippen LogP contribution in [0.4, 0.5) is 5.69 Å². The highest BCUT2D eigenvalue weighted by Crippen LogP contribution is 2.29. The molecule has 0 aliphatic heterocycles. The molecule has 3 rings (SSSR count). The Kier molecular flexibility index (Phi) is 4.38. The van der Waals surface area contributed by atoms with Gasteiger partial charge in [-0.2, -0.15) is 5.10 Å². The first-order chi connectivity index (χ1) is 11.4. The average molecular weight is 326 g/mol. The molecule has 0 bridgehead atoms. The van der Waals surface area contributed by atoms with Gasteiger partial charge >= 0.3 is 11.8 Å². The Balaban J connectivity index is 1.71. The largest absolute Gasteiger partial charge is 0.327 e. The van der Waals surface area contributed by atoms with Gasteiger partial charge in [0.05, 0.1) is 11.9 Å². The summed E-state index contributed by atoms with van der Waals surface area (Å²) < 4.78 is 1.58. The number of hydrogen-bond acceptors (Lipinski definition) is 3. The number of carbonyl (C=O) groups is 2. The number of aryl methyl sites for hydroxylation is 3. The van der Waals surface area contributed by atoms with Crippen molar-refractivity contribution >= 4 is 17.5 Å². The SMILES string of the molecule is Cc1ccc(CN(C(=O)C(=O)Nc2cnn(C)c2)C2CC2)cc1C. The van der Waals surface area contributed by atoms with Crippen LogP contribution in [-0.2, 0) is 23.2 Å². The van der Waals surface area contributed by atoms with Gasteiger partial charge < -0.3 is 10.2 Å². The molecule has 0 unspecified atom stereocenters. The number of nitrogens with one attached hydrogen (secondary N) is 1. The molecule has 1 aromatic heterocycles. The van der Waals surface area contributed by atoms with Crippen molar-refractivity contribution < 1.29 is 9.59 Å². The van der Waals surface area contributed by atoms with E-state index in [4.69, 9.17) is 0 Å². The third kappa shape index (κ3) is 3.64. The van der Waals surface area contributed by atoms with E-state index in [1.165, 1.54) is 17.3 Å². The molecule has 24 heavy (non-hydrogen) atoms. The Labute approximate surface area is 141 Å². The summed E-state index contributed by atoms with van der Waals surface area (Å²) in [7, 11) is 1.76. The van der Waals surface area contributed by atoms with Crippen LogP contribution in [0.2, 0.25) is 0 Å². The van der Waals surface area contributed by atoms with Crippen molar-refractivity contribution in [2.24, 2.45) is 7.05 Å². The van der Waals surface area contributed by atoms with Crippen LogP contribution in [0.5, 0.6) is 0 Å². The van der Waals surface area contributed by atoms with Crippen LogP contribution in [0.3, 0.4) is 0 Å². The molecule has 0 spiro atoms. The zero-order chi connectivity index (χ0) is 17.3. The monoisotopic (exact) mass is 326 g/mol. The maximum absolute atomic E-state index is 12.6. The molecule has 2 aromatic rings. The van der Waals surface area contributed by atoms with E-state index in [1.807, 2.05) is 6.07 Å². The maximum atomic E-state index is 12.6. The number of carbonyl (C=O) groups excluding carboxylic acids is 2. The zero-order valence-corrected chi connectivity index (χ0v) is 14.2. The minimum atomic E-state index is -0.612. The summed E-state index contributed by atoms with van der Waals surface area (Å²) in [4.78, 5) is 26.5. The molecule has 1 fully saturated rings. The summed E-state index contributed by atoms with van der Waals surface area (Å²) in [5.41, 5.74) is 3.98. The average Bonchev–Trinajstić information content (AvgIpc) is 3.30. The molecule has 1 aliphatic carbocycles. The van der Waals surface area contributed by atoms with E-state index in [-0.39, 0.29) is 6.04 Å². The van der Waals surface area contributed by atoms with Crippen LogP contribution in [0.25, 0.3) is 0 Å². The third-order valence-corrected chi connectivity index (χ3v) is 4.33. The van der Waals surface area contributed by atoms with Gasteiger partial charge in [-0.3, -0.25) is 14.3 Å². The first kappa shape index (κ1) is 16.2. The molecular formula is C18H22N4O2. The molecule has 1 saturated carbocycles. The second-order valence-corrected chi connectivity index (χ2v) is 6.44. The van der Waals surface area contributed by atoms with Gasteiger partial charge in [0.2, 0.25) is 0 Å². The molecule has 6 heteroatoms. The van der Waals surface area contributed by atoms with Gasteiger partial charge in [0, 0.05) is 25.8 Å². The van der Waals surface area contributed by atoms with Gasteiger partial charge in [-0.25, -0.2) is 0 Å². The normalized spacial score (nSPS) is 13.6. The summed E-state index contributed by atoms with van der Waals surface area (Å²) in [6, 6.07) is 6.32. The van der Waals surface area contributed by atoms with Crippen molar-refractivity contribution in [2.45, 2.75) is 39.3 Å². The fraction of sp³-hybridized carbons (Fsp3) is 0.389. The Morgan fingerprint density at radius 3 is 2.62 bits per heavy atom. The molecule has 1 heterocycles. The van der Waals surface area contributed by atoms with Crippen LogP contribution >= 0.6 is 0 Å². The van der Waals surface area contributed by atoms with Gasteiger partial charge in [0.1, 0.15) is 0 Å². The predicted octanol–water partition coefficient (Wildman–Crippen LogP) is 2.17. The summed E-state index contributed by atoms with van der Waals surface area (Å²) in [6.07, 6.45) is 5.10. The smallest absolute Gasteiger partial charge is 0.314 e. The predicted molar refractivity (Wildman–Crippen MR) is 91.3 cm³/mol. The first-order valence-corrected chi connectivity index (χ1v) is 8.11. The van der Waals surface area contributed by atoms with Crippen LogP contribution in [-0.4, -0.2) is 32.5 Å². The van der Waals surface area contributed by atoms with E-state index in [9.17, 15) is 9.59 Å². The van der Waals surface area contributed by atoms with E-state index < -0.39 is 11.8 Å². The lowest BCUT2D eigenvalue weighted by Crippen LogP contribution is -2.40. The number of benzene rings is 1. The van der Waals surface area contributed by atoms with Crippen LogP contribution in [0, 0.1) is 13.8 Å². The molecule has 6 nitrogen and oxygen atoms in total. The van der Waals surface area contributed by atoms with E-state index in [0.29, 0.717) is 12.2 Å². The number of aromatic nitrogens is 2. The van der Waals surface area contributed by atoms with Gasteiger partial charge in [-0.05, 0) is 43.4 Å². The van der Waals surface area contributed by atoms with Gasteiger partial charge in [0.25, 0.3) is 0 Å². The molecule has 1 aliphatic rings. The van der Waals surface area contributed by atoms with Gasteiger partial charge in [-0.1, -0.05) is 18.2 Å². The van der Waals surface area contributed by atoms with Crippen molar-refractivity contribution in [1.82, 2.24) is 14.7 Å². The Morgan fingerprint density at radius 1 is 1.29 bits per heavy atom. The van der Waals surface area contributed by atoms with Crippen molar-refractivity contribution in [1.29, 1.82) is 0 Å². The molecule has 0 atom stereocenters. The Bertz CT molecular complexity index is 777. The van der Waals surface area contributed by atoms with Gasteiger partial charge in [-0.15, -0.1) is 0 Å². The van der Waals surface area contributed by atoms with Crippen LogP contribution in [0.1, 0.15) is 29.5 Å². The summed E-state index contributed by atoms with van der Waals surface area (Å²) in [5, 5.41) is 6.60. The molecule has 1 N–H and O–H groups in total. The fourth-order valence-corrected chi connectivity index (χ4v) is 2.65. The van der Waals surface area contributed by atoms with E-state index in [2.05, 4.69) is 36.4 Å². The van der Waals surface area contributed by atoms with Gasteiger partial charge in [0.15, 0.2) is 0 Å². The quantitative estimate of drug-likeness (QED) is 0.876. The second-order valence-electron chi connectivity index (χ2n) is 6.44. The van der Waals surface area contributed by atoms with Crippen molar-refractivity contribution in [3.8, 4) is 0 Å². The number of hydrogen-bond donors (Lipinski definition) is 1. The number of nitrogens with zero attached hydrogens (tertiary/aromatic N) is 3. The highest BCUT2D eigenvalue weighted by molar-refractivity contribution is 6.39. The molecule has 2 amide bonds. The van der Waals surface area contributed by atoms with E-state index >= 15 is 0 Å². The van der Waals surface area contributed by atoms with Crippen LogP contribution < -0.4 is 5.32 Å².